The molecule has 2 rings (SSSR count). The first-order chi connectivity index (χ1) is 10.3. The van der Waals surface area contributed by atoms with Crippen LogP contribution in [0.5, 0.6) is 0 Å². The molecule has 1 aliphatic rings. The summed E-state index contributed by atoms with van der Waals surface area (Å²) in [6.45, 7) is 6.62. The van der Waals surface area contributed by atoms with Crippen LogP contribution in [0.4, 0.5) is 0 Å². The fourth-order valence-electron chi connectivity index (χ4n) is 2.68. The molecule has 1 fully saturated rings. The van der Waals surface area contributed by atoms with E-state index in [0.717, 1.165) is 0 Å². The number of piperazine rings is 1. The van der Waals surface area contributed by atoms with E-state index in [2.05, 4.69) is 10.1 Å². The molecule has 0 radical (unpaired) electrons. The summed E-state index contributed by atoms with van der Waals surface area (Å²) in [6.07, 6.45) is 0. The van der Waals surface area contributed by atoms with Gasteiger partial charge < -0.3 is 10.1 Å². The van der Waals surface area contributed by atoms with Gasteiger partial charge in [-0.2, -0.15) is 4.31 Å². The summed E-state index contributed by atoms with van der Waals surface area (Å²) in [6, 6.07) is 4.49. The number of sulfonamides is 1. The first-order valence-electron chi connectivity index (χ1n) is 7.23. The predicted molar refractivity (Wildman–Crippen MR) is 83.3 cm³/mol. The number of nitrogens with zero attached hydrogens (tertiary/aromatic N) is 1. The van der Waals surface area contributed by atoms with Crippen LogP contribution in [0.1, 0.15) is 29.8 Å². The van der Waals surface area contributed by atoms with Crippen LogP contribution in [0.25, 0.3) is 0 Å². The number of hydrogen-bond donors (Lipinski definition) is 1. The maximum Gasteiger partial charge on any atom is 0.337 e. The second-order valence-electron chi connectivity index (χ2n) is 5.57. The molecule has 122 valence electrons. The smallest absolute Gasteiger partial charge is 0.337 e. The van der Waals surface area contributed by atoms with E-state index in [0.29, 0.717) is 24.2 Å². The van der Waals surface area contributed by atoms with E-state index >= 15 is 0 Å². The summed E-state index contributed by atoms with van der Waals surface area (Å²) in [5, 5.41) is 3.26. The molecule has 0 spiro atoms. The Bertz CT molecular complexity index is 672. The van der Waals surface area contributed by atoms with Crippen molar-refractivity contribution in [3.8, 4) is 0 Å². The van der Waals surface area contributed by atoms with Crippen LogP contribution in [0.2, 0.25) is 0 Å². The van der Waals surface area contributed by atoms with Crippen molar-refractivity contribution in [2.45, 2.75) is 37.8 Å². The van der Waals surface area contributed by atoms with Crippen LogP contribution in [-0.4, -0.2) is 51.0 Å². The lowest BCUT2D eigenvalue weighted by molar-refractivity contribution is 0.0600. The summed E-state index contributed by atoms with van der Waals surface area (Å²) < 4.78 is 32.0. The monoisotopic (exact) mass is 326 g/mol. The van der Waals surface area contributed by atoms with Crippen molar-refractivity contribution in [1.82, 2.24) is 9.62 Å². The maximum absolute atomic E-state index is 12.9. The van der Waals surface area contributed by atoms with Gasteiger partial charge in [0.15, 0.2) is 0 Å². The Morgan fingerprint density at radius 3 is 2.64 bits per heavy atom. The number of carbonyl (C=O) groups excluding carboxylic acids is 1. The number of esters is 1. The first-order valence-corrected chi connectivity index (χ1v) is 8.67. The van der Waals surface area contributed by atoms with Crippen molar-refractivity contribution in [2.75, 3.05) is 20.2 Å². The average molecular weight is 326 g/mol. The van der Waals surface area contributed by atoms with Gasteiger partial charge in [-0.05, 0) is 44.5 Å². The minimum absolute atomic E-state index is 0.0955. The standard InChI is InChI=1S/C15H22N2O4S/c1-10-9-13(15(18)21-4)5-6-14(10)22(19,20)17-8-7-16-11(2)12(17)3/h5-6,9,11-12,16H,7-8H2,1-4H3. The molecule has 7 heteroatoms. The van der Waals surface area contributed by atoms with Gasteiger partial charge in [0, 0.05) is 25.2 Å². The fourth-order valence-corrected chi connectivity index (χ4v) is 4.59. The van der Waals surface area contributed by atoms with Gasteiger partial charge in [0.1, 0.15) is 0 Å². The zero-order valence-corrected chi connectivity index (χ0v) is 14.1. The number of hydrogen-bond acceptors (Lipinski definition) is 5. The fraction of sp³-hybridized carbons (Fsp3) is 0.533. The molecule has 0 saturated carbocycles. The lowest BCUT2D eigenvalue weighted by atomic mass is 10.1. The minimum Gasteiger partial charge on any atom is -0.465 e. The highest BCUT2D eigenvalue weighted by Gasteiger charge is 2.35. The zero-order valence-electron chi connectivity index (χ0n) is 13.3. The lowest BCUT2D eigenvalue weighted by Crippen LogP contribution is -2.57. The first kappa shape index (κ1) is 16.9. The molecule has 0 aromatic heterocycles. The highest BCUT2D eigenvalue weighted by Crippen LogP contribution is 2.25. The molecule has 2 atom stereocenters. The van der Waals surface area contributed by atoms with Crippen molar-refractivity contribution in [2.24, 2.45) is 0 Å². The number of nitrogens with one attached hydrogen (secondary N) is 1. The molecule has 0 amide bonds. The third kappa shape index (κ3) is 3.02. The zero-order chi connectivity index (χ0) is 16.5. The summed E-state index contributed by atoms with van der Waals surface area (Å²) >= 11 is 0. The topological polar surface area (TPSA) is 75.7 Å². The van der Waals surface area contributed by atoms with Gasteiger partial charge in [-0.25, -0.2) is 13.2 Å². The third-order valence-electron chi connectivity index (χ3n) is 4.16. The number of ether oxygens (including phenoxy) is 1. The van der Waals surface area contributed by atoms with Crippen molar-refractivity contribution in [1.29, 1.82) is 0 Å². The van der Waals surface area contributed by atoms with Gasteiger partial charge in [0.2, 0.25) is 10.0 Å². The van der Waals surface area contributed by atoms with Gasteiger partial charge >= 0.3 is 5.97 Å². The molecule has 6 nitrogen and oxygen atoms in total. The molecule has 0 aliphatic carbocycles. The minimum atomic E-state index is -3.58. The summed E-state index contributed by atoms with van der Waals surface area (Å²) in [4.78, 5) is 11.8. The van der Waals surface area contributed by atoms with E-state index in [1.807, 2.05) is 13.8 Å². The Balaban J connectivity index is 2.39. The molecule has 0 bridgehead atoms. The lowest BCUT2D eigenvalue weighted by Gasteiger charge is -2.37. The SMILES string of the molecule is COC(=O)c1ccc(S(=O)(=O)N2CCNC(C)C2C)c(C)c1. The van der Waals surface area contributed by atoms with E-state index in [1.54, 1.807) is 13.0 Å². The molecule has 1 aliphatic heterocycles. The second-order valence-corrected chi connectivity index (χ2v) is 7.43. The van der Waals surface area contributed by atoms with Crippen molar-refractivity contribution >= 4 is 16.0 Å². The highest BCUT2D eigenvalue weighted by atomic mass is 32.2. The number of benzene rings is 1. The molecule has 1 heterocycles. The van der Waals surface area contributed by atoms with Gasteiger partial charge in [0.05, 0.1) is 17.6 Å². The van der Waals surface area contributed by atoms with E-state index in [-0.39, 0.29) is 17.0 Å². The molecular formula is C15H22N2O4S. The van der Waals surface area contributed by atoms with Crippen LogP contribution in [0.15, 0.2) is 23.1 Å². The Morgan fingerprint density at radius 1 is 1.36 bits per heavy atom. The second kappa shape index (κ2) is 6.36. The van der Waals surface area contributed by atoms with E-state index in [9.17, 15) is 13.2 Å². The quantitative estimate of drug-likeness (QED) is 0.844. The predicted octanol–water partition coefficient (Wildman–Crippen LogP) is 1.15. The number of methoxy groups -OCH3 is 1. The van der Waals surface area contributed by atoms with Crippen molar-refractivity contribution < 1.29 is 17.9 Å². The molecule has 1 saturated heterocycles. The largest absolute Gasteiger partial charge is 0.465 e. The van der Waals surface area contributed by atoms with Crippen LogP contribution in [-0.2, 0) is 14.8 Å². The number of carbonyl (C=O) groups is 1. The normalized spacial score (nSPS) is 23.3. The highest BCUT2D eigenvalue weighted by molar-refractivity contribution is 7.89. The Morgan fingerprint density at radius 2 is 2.05 bits per heavy atom. The molecule has 1 aromatic carbocycles. The van der Waals surface area contributed by atoms with Gasteiger partial charge in [-0.3, -0.25) is 0 Å². The van der Waals surface area contributed by atoms with Crippen LogP contribution in [0, 0.1) is 6.92 Å². The Labute approximate surface area is 131 Å². The van der Waals surface area contributed by atoms with E-state index in [1.165, 1.54) is 23.5 Å². The molecular weight excluding hydrogens is 304 g/mol. The molecule has 1 N–H and O–H groups in total. The third-order valence-corrected chi connectivity index (χ3v) is 6.31. The van der Waals surface area contributed by atoms with Gasteiger partial charge in [0.25, 0.3) is 0 Å². The maximum atomic E-state index is 12.9. The summed E-state index contributed by atoms with van der Waals surface area (Å²) in [5.41, 5.74) is 0.891. The van der Waals surface area contributed by atoms with Gasteiger partial charge in [-0.15, -0.1) is 0 Å². The van der Waals surface area contributed by atoms with Crippen LogP contribution in [0.3, 0.4) is 0 Å². The molecule has 22 heavy (non-hydrogen) atoms. The Kier molecular flexibility index (Phi) is 4.89. The van der Waals surface area contributed by atoms with Gasteiger partial charge in [-0.1, -0.05) is 0 Å². The van der Waals surface area contributed by atoms with Crippen molar-refractivity contribution in [3.63, 3.8) is 0 Å². The number of rotatable bonds is 3. The number of aryl methyl sites for hydroxylation is 1. The van der Waals surface area contributed by atoms with Crippen LogP contribution < -0.4 is 5.32 Å². The molecule has 2 unspecified atom stereocenters. The molecule has 1 aromatic rings. The van der Waals surface area contributed by atoms with Crippen LogP contribution >= 0.6 is 0 Å². The summed E-state index contributed by atoms with van der Waals surface area (Å²) in [5.74, 6) is -0.476. The average Bonchev–Trinajstić information content (AvgIpc) is 2.48. The summed E-state index contributed by atoms with van der Waals surface area (Å²) in [7, 11) is -2.29. The Hall–Kier alpha value is -1.44. The van der Waals surface area contributed by atoms with E-state index in [4.69, 9.17) is 0 Å². The van der Waals surface area contributed by atoms with Crippen molar-refractivity contribution in [3.05, 3.63) is 29.3 Å². The van der Waals surface area contributed by atoms with E-state index < -0.39 is 16.0 Å².